The van der Waals surface area contributed by atoms with Gasteiger partial charge in [-0.2, -0.15) is 4.57 Å². The molecule has 1 aliphatic heterocycles. The molecule has 0 N–H and O–H groups in total. The number of hydrogen-bond acceptors (Lipinski definition) is 0. The van der Waals surface area contributed by atoms with Gasteiger partial charge in [-0.25, -0.2) is 0 Å². The number of benzene rings is 1. The summed E-state index contributed by atoms with van der Waals surface area (Å²) in [4.78, 5) is 0. The molecule has 0 aliphatic carbocycles. The fourth-order valence-corrected chi connectivity index (χ4v) is 3.30. The standard InChI is InChI=1S/C18H17N2/c1-13-11-14(2)20-12-19-10-6-5-9-17(19)15-7-3-4-8-16(15)18(13)20/h3-11H,12H2,1-2H3/q+1. The first-order chi connectivity index (χ1) is 9.75. The minimum atomic E-state index is 0.875. The summed E-state index contributed by atoms with van der Waals surface area (Å²) in [6.07, 6.45) is 2.16. The van der Waals surface area contributed by atoms with Crippen LogP contribution in [0, 0.1) is 13.8 Å². The number of nitrogens with zero attached hydrogens (tertiary/aromatic N) is 2. The topological polar surface area (TPSA) is 8.81 Å². The van der Waals surface area contributed by atoms with E-state index in [-0.39, 0.29) is 0 Å². The van der Waals surface area contributed by atoms with Crippen molar-refractivity contribution in [2.75, 3.05) is 0 Å². The first-order valence-electron chi connectivity index (χ1n) is 7.00. The molecule has 1 aliphatic rings. The van der Waals surface area contributed by atoms with E-state index in [1.54, 1.807) is 0 Å². The normalized spacial score (nSPS) is 12.3. The van der Waals surface area contributed by atoms with Crippen LogP contribution in [-0.2, 0) is 6.67 Å². The van der Waals surface area contributed by atoms with E-state index in [9.17, 15) is 0 Å². The number of hydrogen-bond donors (Lipinski definition) is 0. The van der Waals surface area contributed by atoms with Crippen LogP contribution in [0.15, 0.2) is 54.7 Å². The Morgan fingerprint density at radius 3 is 2.55 bits per heavy atom. The molecule has 3 aromatic rings. The lowest BCUT2D eigenvalue weighted by molar-refractivity contribution is -0.690. The summed E-state index contributed by atoms with van der Waals surface area (Å²) in [5, 5.41) is 0. The first kappa shape index (κ1) is 11.5. The third-order valence-corrected chi connectivity index (χ3v) is 4.19. The lowest BCUT2D eigenvalue weighted by Gasteiger charge is -2.07. The fourth-order valence-electron chi connectivity index (χ4n) is 3.30. The van der Waals surface area contributed by atoms with Gasteiger partial charge in [-0.1, -0.05) is 18.2 Å². The van der Waals surface area contributed by atoms with Crippen LogP contribution in [0.4, 0.5) is 0 Å². The molecule has 1 aromatic carbocycles. The lowest BCUT2D eigenvalue weighted by atomic mass is 9.99. The Hall–Kier alpha value is -2.35. The zero-order valence-corrected chi connectivity index (χ0v) is 11.8. The van der Waals surface area contributed by atoms with Gasteiger partial charge in [0, 0.05) is 23.4 Å². The van der Waals surface area contributed by atoms with E-state index in [0.29, 0.717) is 0 Å². The maximum Gasteiger partial charge on any atom is 0.228 e. The van der Waals surface area contributed by atoms with Gasteiger partial charge in [-0.15, -0.1) is 0 Å². The maximum atomic E-state index is 2.41. The molecule has 0 spiro atoms. The summed E-state index contributed by atoms with van der Waals surface area (Å²) in [5.74, 6) is 0. The van der Waals surface area contributed by atoms with Gasteiger partial charge in [0.05, 0.1) is 11.3 Å². The Morgan fingerprint density at radius 2 is 1.70 bits per heavy atom. The van der Waals surface area contributed by atoms with Crippen LogP contribution in [0.5, 0.6) is 0 Å². The predicted molar refractivity (Wildman–Crippen MR) is 80.4 cm³/mol. The average molecular weight is 261 g/mol. The Balaban J connectivity index is 2.15. The molecule has 4 rings (SSSR count). The van der Waals surface area contributed by atoms with Crippen LogP contribution < -0.4 is 4.57 Å². The number of pyridine rings is 1. The van der Waals surface area contributed by atoms with Crippen LogP contribution in [-0.4, -0.2) is 4.57 Å². The minimum absolute atomic E-state index is 0.875. The molecular formula is C18H17N2+. The van der Waals surface area contributed by atoms with Gasteiger partial charge in [-0.05, 0) is 37.6 Å². The molecule has 0 unspecified atom stereocenters. The van der Waals surface area contributed by atoms with Crippen molar-refractivity contribution < 1.29 is 4.57 Å². The van der Waals surface area contributed by atoms with Gasteiger partial charge in [0.25, 0.3) is 0 Å². The van der Waals surface area contributed by atoms with Gasteiger partial charge < -0.3 is 0 Å². The molecule has 0 atom stereocenters. The smallest absolute Gasteiger partial charge is 0.228 e. The molecule has 98 valence electrons. The molecule has 20 heavy (non-hydrogen) atoms. The number of aryl methyl sites for hydroxylation is 2. The van der Waals surface area contributed by atoms with Crippen molar-refractivity contribution in [3.8, 4) is 22.5 Å². The Bertz CT molecular complexity index is 812. The summed E-state index contributed by atoms with van der Waals surface area (Å²) in [7, 11) is 0. The lowest BCUT2D eigenvalue weighted by Crippen LogP contribution is -2.38. The molecule has 0 radical (unpaired) electrons. The summed E-state index contributed by atoms with van der Waals surface area (Å²) >= 11 is 0. The number of aromatic nitrogens is 2. The van der Waals surface area contributed by atoms with E-state index < -0.39 is 0 Å². The highest BCUT2D eigenvalue weighted by Crippen LogP contribution is 2.35. The minimum Gasteiger partial charge on any atom is -0.289 e. The van der Waals surface area contributed by atoms with Crippen LogP contribution in [0.25, 0.3) is 22.5 Å². The van der Waals surface area contributed by atoms with Crippen LogP contribution in [0.1, 0.15) is 11.3 Å². The van der Waals surface area contributed by atoms with Crippen LogP contribution in [0.2, 0.25) is 0 Å². The SMILES string of the molecule is Cc1cc(C)n2c1-c1ccccc1-c1cccc[n+]1C2. The van der Waals surface area contributed by atoms with E-state index in [2.05, 4.69) is 77.7 Å². The average Bonchev–Trinajstić information content (AvgIpc) is 2.67. The van der Waals surface area contributed by atoms with E-state index >= 15 is 0 Å². The second-order valence-corrected chi connectivity index (χ2v) is 5.49. The molecule has 0 bridgehead atoms. The molecule has 0 saturated heterocycles. The van der Waals surface area contributed by atoms with Crippen LogP contribution >= 0.6 is 0 Å². The van der Waals surface area contributed by atoms with E-state index in [1.807, 2.05) is 0 Å². The number of fused-ring (bicyclic) bond motifs is 5. The molecule has 2 nitrogen and oxygen atoms in total. The summed E-state index contributed by atoms with van der Waals surface area (Å²) in [5.41, 5.74) is 7.94. The van der Waals surface area contributed by atoms with E-state index in [0.717, 1.165) is 6.67 Å². The van der Waals surface area contributed by atoms with Crippen molar-refractivity contribution in [1.82, 2.24) is 4.57 Å². The van der Waals surface area contributed by atoms with Crippen molar-refractivity contribution in [1.29, 1.82) is 0 Å². The van der Waals surface area contributed by atoms with Crippen molar-refractivity contribution in [3.63, 3.8) is 0 Å². The second kappa shape index (κ2) is 4.07. The summed E-state index contributed by atoms with van der Waals surface area (Å²) in [6, 6.07) is 17.4. The highest BCUT2D eigenvalue weighted by Gasteiger charge is 2.25. The highest BCUT2D eigenvalue weighted by atomic mass is 15.2. The highest BCUT2D eigenvalue weighted by molar-refractivity contribution is 5.81. The quantitative estimate of drug-likeness (QED) is 0.428. The Kier molecular flexibility index (Phi) is 2.34. The van der Waals surface area contributed by atoms with Gasteiger partial charge in [-0.3, -0.25) is 4.57 Å². The van der Waals surface area contributed by atoms with E-state index in [1.165, 1.54) is 33.8 Å². The van der Waals surface area contributed by atoms with Gasteiger partial charge in [0.15, 0.2) is 6.20 Å². The predicted octanol–water partition coefficient (Wildman–Crippen LogP) is 3.55. The van der Waals surface area contributed by atoms with Gasteiger partial charge in [0.2, 0.25) is 12.4 Å². The summed E-state index contributed by atoms with van der Waals surface area (Å²) < 4.78 is 4.73. The molecule has 0 saturated carbocycles. The third kappa shape index (κ3) is 1.48. The van der Waals surface area contributed by atoms with Crippen molar-refractivity contribution in [3.05, 3.63) is 66.0 Å². The van der Waals surface area contributed by atoms with Crippen LogP contribution in [0.3, 0.4) is 0 Å². The first-order valence-corrected chi connectivity index (χ1v) is 7.00. The van der Waals surface area contributed by atoms with Gasteiger partial charge in [0.1, 0.15) is 0 Å². The second-order valence-electron chi connectivity index (χ2n) is 5.49. The molecule has 3 heterocycles. The van der Waals surface area contributed by atoms with Crippen molar-refractivity contribution in [2.24, 2.45) is 0 Å². The zero-order valence-electron chi connectivity index (χ0n) is 11.8. The molecular weight excluding hydrogens is 244 g/mol. The molecule has 2 aromatic heterocycles. The zero-order chi connectivity index (χ0) is 13.7. The maximum absolute atomic E-state index is 2.41. The molecule has 2 heteroatoms. The van der Waals surface area contributed by atoms with E-state index in [4.69, 9.17) is 0 Å². The summed E-state index contributed by atoms with van der Waals surface area (Å²) in [6.45, 7) is 5.27. The van der Waals surface area contributed by atoms with Crippen molar-refractivity contribution in [2.45, 2.75) is 20.5 Å². The largest absolute Gasteiger partial charge is 0.289 e. The number of rotatable bonds is 0. The molecule has 0 amide bonds. The Labute approximate surface area is 118 Å². The molecule has 0 fully saturated rings. The fraction of sp³-hybridized carbons (Fsp3) is 0.167. The third-order valence-electron chi connectivity index (χ3n) is 4.19. The van der Waals surface area contributed by atoms with Crippen molar-refractivity contribution >= 4 is 0 Å². The Morgan fingerprint density at radius 1 is 0.950 bits per heavy atom. The van der Waals surface area contributed by atoms with Gasteiger partial charge >= 0.3 is 0 Å². The monoisotopic (exact) mass is 261 g/mol.